The standard InChI is InChI=1S/C13H13F3O5S/c1-19-11-6-8-3-4-10(5-9(8)7-12(11)20-2)21-22(17,18)13(14,15)16/h5-7H,3-4H2,1-2H3. The SMILES string of the molecule is COc1cc2c(cc1OC)CCC(OS(=O)(=O)C(F)(F)F)=C2. The molecule has 0 radical (unpaired) electrons. The fourth-order valence-corrected chi connectivity index (χ4v) is 2.55. The second-order valence-electron chi connectivity index (χ2n) is 4.50. The van der Waals surface area contributed by atoms with Gasteiger partial charge in [0, 0.05) is 6.42 Å². The van der Waals surface area contributed by atoms with Crippen LogP contribution >= 0.6 is 0 Å². The molecule has 0 spiro atoms. The van der Waals surface area contributed by atoms with Crippen LogP contribution in [0.15, 0.2) is 17.9 Å². The summed E-state index contributed by atoms with van der Waals surface area (Å²) < 4.78 is 73.4. The van der Waals surface area contributed by atoms with Gasteiger partial charge >= 0.3 is 15.6 Å². The molecular weight excluding hydrogens is 325 g/mol. The smallest absolute Gasteiger partial charge is 0.493 e. The molecule has 0 saturated heterocycles. The number of halogens is 3. The molecule has 0 heterocycles. The number of hydrogen-bond donors (Lipinski definition) is 0. The maximum absolute atomic E-state index is 12.3. The van der Waals surface area contributed by atoms with Crippen LogP contribution in [0, 0.1) is 0 Å². The molecule has 9 heteroatoms. The summed E-state index contributed by atoms with van der Waals surface area (Å²) in [5.74, 6) is 0.608. The summed E-state index contributed by atoms with van der Waals surface area (Å²) in [7, 11) is -2.77. The van der Waals surface area contributed by atoms with Crippen molar-refractivity contribution in [3.05, 3.63) is 29.0 Å². The van der Waals surface area contributed by atoms with E-state index < -0.39 is 15.6 Å². The average Bonchev–Trinajstić information content (AvgIpc) is 2.44. The normalized spacial score (nSPS) is 14.9. The number of aryl methyl sites for hydroxylation is 1. The Labute approximate surface area is 125 Å². The van der Waals surface area contributed by atoms with Gasteiger partial charge < -0.3 is 13.7 Å². The number of ether oxygens (including phenoxy) is 2. The van der Waals surface area contributed by atoms with Crippen LogP contribution in [0.3, 0.4) is 0 Å². The summed E-state index contributed by atoms with van der Waals surface area (Å²) >= 11 is 0. The molecule has 2 rings (SSSR count). The van der Waals surface area contributed by atoms with Crippen molar-refractivity contribution < 1.29 is 35.2 Å². The van der Waals surface area contributed by atoms with Gasteiger partial charge in [0.25, 0.3) is 0 Å². The quantitative estimate of drug-likeness (QED) is 0.624. The van der Waals surface area contributed by atoms with Gasteiger partial charge in [-0.2, -0.15) is 21.6 Å². The van der Waals surface area contributed by atoms with Crippen LogP contribution in [0.1, 0.15) is 17.5 Å². The molecule has 0 unspecified atom stereocenters. The lowest BCUT2D eigenvalue weighted by molar-refractivity contribution is -0.0522. The van der Waals surface area contributed by atoms with Gasteiger partial charge in [-0.05, 0) is 35.8 Å². The van der Waals surface area contributed by atoms with Crippen molar-refractivity contribution >= 4 is 16.2 Å². The Morgan fingerprint density at radius 1 is 1.05 bits per heavy atom. The Kier molecular flexibility index (Phi) is 4.28. The summed E-state index contributed by atoms with van der Waals surface area (Å²) in [6.45, 7) is 0. The first-order chi connectivity index (χ1) is 10.2. The second kappa shape index (κ2) is 5.71. The Balaban J connectivity index is 2.36. The van der Waals surface area contributed by atoms with Crippen molar-refractivity contribution in [1.82, 2.24) is 0 Å². The number of allylic oxidation sites excluding steroid dienone is 1. The van der Waals surface area contributed by atoms with Gasteiger partial charge in [0.15, 0.2) is 11.5 Å². The van der Waals surface area contributed by atoms with Crippen molar-refractivity contribution in [2.45, 2.75) is 18.3 Å². The lowest BCUT2D eigenvalue weighted by Gasteiger charge is -2.19. The molecule has 22 heavy (non-hydrogen) atoms. The highest BCUT2D eigenvalue weighted by Crippen LogP contribution is 2.36. The van der Waals surface area contributed by atoms with E-state index in [0.717, 1.165) is 5.56 Å². The number of methoxy groups -OCH3 is 2. The zero-order valence-corrected chi connectivity index (χ0v) is 12.5. The first-order valence-corrected chi connectivity index (χ1v) is 7.55. The van der Waals surface area contributed by atoms with E-state index >= 15 is 0 Å². The van der Waals surface area contributed by atoms with E-state index in [2.05, 4.69) is 4.18 Å². The van der Waals surface area contributed by atoms with E-state index in [1.807, 2.05) is 0 Å². The number of rotatable bonds is 4. The van der Waals surface area contributed by atoms with Crippen LogP contribution in [0.25, 0.3) is 6.08 Å². The van der Waals surface area contributed by atoms with E-state index in [4.69, 9.17) is 9.47 Å². The third-order valence-corrected chi connectivity index (χ3v) is 4.10. The van der Waals surface area contributed by atoms with Crippen LogP contribution in [0.4, 0.5) is 13.2 Å². The Bertz CT molecular complexity index is 707. The van der Waals surface area contributed by atoms with Crippen molar-refractivity contribution in [2.24, 2.45) is 0 Å². The van der Waals surface area contributed by atoms with E-state index in [-0.39, 0.29) is 12.2 Å². The molecule has 0 aliphatic heterocycles. The summed E-state index contributed by atoms with van der Waals surface area (Å²) in [5, 5.41) is 0. The molecule has 0 amide bonds. The zero-order valence-electron chi connectivity index (χ0n) is 11.7. The van der Waals surface area contributed by atoms with Crippen molar-refractivity contribution in [2.75, 3.05) is 14.2 Å². The minimum atomic E-state index is -5.65. The van der Waals surface area contributed by atoms with Gasteiger partial charge in [0.05, 0.1) is 14.2 Å². The third-order valence-electron chi connectivity index (χ3n) is 3.10. The van der Waals surface area contributed by atoms with Gasteiger partial charge in [-0.15, -0.1) is 0 Å². The molecule has 0 aromatic heterocycles. The Hall–Kier alpha value is -1.90. The molecule has 1 aromatic rings. The van der Waals surface area contributed by atoms with Crippen LogP contribution < -0.4 is 9.47 Å². The van der Waals surface area contributed by atoms with Crippen molar-refractivity contribution in [3.8, 4) is 11.5 Å². The molecule has 122 valence electrons. The topological polar surface area (TPSA) is 61.8 Å². The van der Waals surface area contributed by atoms with Gasteiger partial charge in [-0.25, -0.2) is 0 Å². The number of benzene rings is 1. The molecule has 5 nitrogen and oxygen atoms in total. The maximum Gasteiger partial charge on any atom is 0.534 e. The Morgan fingerprint density at radius 3 is 2.18 bits per heavy atom. The molecule has 1 aliphatic carbocycles. The van der Waals surface area contributed by atoms with Crippen LogP contribution in [-0.2, 0) is 20.7 Å². The Morgan fingerprint density at radius 2 is 1.64 bits per heavy atom. The highest BCUT2D eigenvalue weighted by atomic mass is 32.2. The second-order valence-corrected chi connectivity index (χ2v) is 6.04. The van der Waals surface area contributed by atoms with Crippen molar-refractivity contribution in [3.63, 3.8) is 0 Å². The van der Waals surface area contributed by atoms with Gasteiger partial charge in [-0.1, -0.05) is 0 Å². The van der Waals surface area contributed by atoms with E-state index in [9.17, 15) is 21.6 Å². The molecule has 0 bridgehead atoms. The lowest BCUT2D eigenvalue weighted by atomic mass is 9.96. The fraction of sp³-hybridized carbons (Fsp3) is 0.385. The number of alkyl halides is 3. The molecule has 0 N–H and O–H groups in total. The summed E-state index contributed by atoms with van der Waals surface area (Å²) in [6, 6.07) is 3.25. The molecule has 1 aromatic carbocycles. The summed E-state index contributed by atoms with van der Waals surface area (Å²) in [6.07, 6.45) is 1.62. The first kappa shape index (κ1) is 16.5. The predicted octanol–water partition coefficient (Wildman–Crippen LogP) is 2.86. The zero-order chi connectivity index (χ0) is 16.5. The van der Waals surface area contributed by atoms with E-state index in [1.165, 1.54) is 20.3 Å². The molecule has 0 fully saturated rings. The third kappa shape index (κ3) is 3.13. The van der Waals surface area contributed by atoms with Crippen LogP contribution in [0.5, 0.6) is 11.5 Å². The minimum absolute atomic E-state index is 0.0395. The number of hydrogen-bond acceptors (Lipinski definition) is 5. The van der Waals surface area contributed by atoms with Crippen LogP contribution in [-0.4, -0.2) is 28.1 Å². The maximum atomic E-state index is 12.3. The van der Waals surface area contributed by atoms with Gasteiger partial charge in [0.1, 0.15) is 5.76 Å². The van der Waals surface area contributed by atoms with Crippen molar-refractivity contribution in [1.29, 1.82) is 0 Å². The average molecular weight is 338 g/mol. The number of fused-ring (bicyclic) bond motifs is 1. The van der Waals surface area contributed by atoms with Gasteiger partial charge in [0.2, 0.25) is 0 Å². The highest BCUT2D eigenvalue weighted by molar-refractivity contribution is 7.87. The van der Waals surface area contributed by atoms with Gasteiger partial charge in [-0.3, -0.25) is 0 Å². The summed E-state index contributed by atoms with van der Waals surface area (Å²) in [4.78, 5) is 0. The summed E-state index contributed by atoms with van der Waals surface area (Å²) in [5.41, 5.74) is -4.13. The molecule has 1 aliphatic rings. The monoisotopic (exact) mass is 338 g/mol. The fourth-order valence-electron chi connectivity index (χ4n) is 2.05. The molecule has 0 atom stereocenters. The van der Waals surface area contributed by atoms with Crippen LogP contribution in [0.2, 0.25) is 0 Å². The predicted molar refractivity (Wildman–Crippen MR) is 71.9 cm³/mol. The minimum Gasteiger partial charge on any atom is -0.493 e. The first-order valence-electron chi connectivity index (χ1n) is 6.14. The van der Waals surface area contributed by atoms with E-state index in [1.54, 1.807) is 12.1 Å². The molecular formula is C13H13F3O5S. The highest BCUT2D eigenvalue weighted by Gasteiger charge is 2.48. The van der Waals surface area contributed by atoms with E-state index in [0.29, 0.717) is 23.5 Å². The molecule has 0 saturated carbocycles. The lowest BCUT2D eigenvalue weighted by Crippen LogP contribution is -2.25. The largest absolute Gasteiger partial charge is 0.534 e.